The Morgan fingerprint density at radius 2 is 0.696 bits per heavy atom. The third-order valence-electron chi connectivity index (χ3n) is 11.9. The van der Waals surface area contributed by atoms with Crippen LogP contribution in [0.1, 0.15) is 0 Å². The molecule has 0 aliphatic heterocycles. The summed E-state index contributed by atoms with van der Waals surface area (Å²) in [6.45, 7) is 0. The van der Waals surface area contributed by atoms with Crippen molar-refractivity contribution in [2.75, 3.05) is 0 Å². The van der Waals surface area contributed by atoms with Crippen molar-refractivity contribution in [1.82, 2.24) is 9.13 Å². The lowest BCUT2D eigenvalue weighted by molar-refractivity contribution is 1.19. The van der Waals surface area contributed by atoms with Gasteiger partial charge >= 0.3 is 0 Å². The molecule has 12 aromatic rings. The average molecular weight is 711 g/mol. The molecule has 0 spiro atoms. The summed E-state index contributed by atoms with van der Waals surface area (Å²) in [4.78, 5) is 0. The summed E-state index contributed by atoms with van der Waals surface area (Å²) in [5.41, 5.74) is 12.1. The highest BCUT2D eigenvalue weighted by molar-refractivity contribution is 6.21. The van der Waals surface area contributed by atoms with E-state index in [1.54, 1.807) is 0 Å². The molecule has 56 heavy (non-hydrogen) atoms. The van der Waals surface area contributed by atoms with Crippen molar-refractivity contribution in [2.24, 2.45) is 0 Å². The maximum absolute atomic E-state index is 2.48. The normalized spacial score (nSPS) is 11.9. The van der Waals surface area contributed by atoms with Gasteiger partial charge in [-0.25, -0.2) is 0 Å². The van der Waals surface area contributed by atoms with Crippen LogP contribution in [-0.4, -0.2) is 9.13 Å². The molecule has 2 nitrogen and oxygen atoms in total. The molecular weight excluding hydrogens is 677 g/mol. The van der Waals surface area contributed by atoms with Crippen molar-refractivity contribution in [2.45, 2.75) is 0 Å². The van der Waals surface area contributed by atoms with Crippen LogP contribution in [0.25, 0.3) is 110 Å². The number of nitrogens with zero attached hydrogens (tertiary/aromatic N) is 2. The Labute approximate surface area is 323 Å². The summed E-state index contributed by atoms with van der Waals surface area (Å²) in [6, 6.07) is 75.9. The molecule has 0 bridgehead atoms. The highest BCUT2D eigenvalue weighted by Gasteiger charge is 2.21. The van der Waals surface area contributed by atoms with Crippen LogP contribution in [0.15, 0.2) is 206 Å². The van der Waals surface area contributed by atoms with Gasteiger partial charge in [-0.2, -0.15) is 0 Å². The molecule has 10 aromatic carbocycles. The van der Waals surface area contributed by atoms with Crippen LogP contribution in [0.4, 0.5) is 0 Å². The molecule has 260 valence electrons. The van der Waals surface area contributed by atoms with E-state index in [9.17, 15) is 0 Å². The molecule has 0 aliphatic rings. The van der Waals surface area contributed by atoms with Gasteiger partial charge in [0, 0.05) is 38.5 Å². The number of benzene rings is 10. The molecule has 2 heterocycles. The maximum Gasteiger partial charge on any atom is 0.0619 e. The molecule has 0 saturated carbocycles. The Morgan fingerprint density at radius 3 is 1.39 bits per heavy atom. The quantitative estimate of drug-likeness (QED) is 0.172. The molecule has 0 fully saturated rings. The first-order valence-electron chi connectivity index (χ1n) is 19.4. The van der Waals surface area contributed by atoms with E-state index >= 15 is 0 Å². The van der Waals surface area contributed by atoms with Crippen molar-refractivity contribution in [3.05, 3.63) is 206 Å². The molecule has 12 rings (SSSR count). The Bertz CT molecular complexity index is 3540. The Hall–Kier alpha value is -7.42. The van der Waals surface area contributed by atoms with E-state index in [-0.39, 0.29) is 0 Å². The topological polar surface area (TPSA) is 9.86 Å². The van der Waals surface area contributed by atoms with Crippen LogP contribution in [0.3, 0.4) is 0 Å². The fourth-order valence-electron chi connectivity index (χ4n) is 9.45. The smallest absolute Gasteiger partial charge is 0.0619 e. The van der Waals surface area contributed by atoms with Gasteiger partial charge in [-0.05, 0) is 91.5 Å². The van der Waals surface area contributed by atoms with Gasteiger partial charge in [0.15, 0.2) is 0 Å². The van der Waals surface area contributed by atoms with Gasteiger partial charge in [-0.1, -0.05) is 164 Å². The molecule has 0 unspecified atom stereocenters. The van der Waals surface area contributed by atoms with E-state index in [2.05, 4.69) is 215 Å². The second-order valence-electron chi connectivity index (χ2n) is 14.9. The van der Waals surface area contributed by atoms with Crippen molar-refractivity contribution in [1.29, 1.82) is 0 Å². The van der Waals surface area contributed by atoms with Gasteiger partial charge < -0.3 is 9.13 Å². The lowest BCUT2D eigenvalue weighted by atomic mass is 9.89. The first kappa shape index (κ1) is 31.0. The summed E-state index contributed by atoms with van der Waals surface area (Å²) in [5.74, 6) is 0. The first-order chi connectivity index (χ1) is 27.8. The minimum atomic E-state index is 1.16. The highest BCUT2D eigenvalue weighted by atomic mass is 15.0. The second-order valence-corrected chi connectivity index (χ2v) is 14.9. The Kier molecular flexibility index (Phi) is 6.66. The number of rotatable bonds is 4. The predicted octanol–water partition coefficient (Wildman–Crippen LogP) is 14.7. The van der Waals surface area contributed by atoms with Crippen LogP contribution < -0.4 is 0 Å². The lowest BCUT2D eigenvalue weighted by Gasteiger charge is -2.17. The standard InChI is InChI=1S/C54H34N2/c1-3-15-38-33-40(31-29-35(38)13-1)55-50-27-8-6-20-48(50)53-44(23-12-28-51(53)55)43-21-9-17-37-18-10-22-45(52(37)43)47-25-11-24-46-42-19-5-7-26-49(42)56(54(46)47)41-32-30-36-14-2-4-16-39(36)34-41/h1-34H. The first-order valence-corrected chi connectivity index (χ1v) is 19.4. The second kappa shape index (κ2) is 12.0. The van der Waals surface area contributed by atoms with Gasteiger partial charge in [-0.15, -0.1) is 0 Å². The zero-order chi connectivity index (χ0) is 36.7. The highest BCUT2D eigenvalue weighted by Crippen LogP contribution is 2.46. The predicted molar refractivity (Wildman–Crippen MR) is 239 cm³/mol. The molecule has 0 N–H and O–H groups in total. The number of hydrogen-bond donors (Lipinski definition) is 0. The summed E-state index contributed by atoms with van der Waals surface area (Å²) in [7, 11) is 0. The maximum atomic E-state index is 2.48. The van der Waals surface area contributed by atoms with Crippen molar-refractivity contribution >= 4 is 75.9 Å². The van der Waals surface area contributed by atoms with Gasteiger partial charge in [0.2, 0.25) is 0 Å². The third kappa shape index (κ3) is 4.50. The largest absolute Gasteiger partial charge is 0.309 e. The average Bonchev–Trinajstić information content (AvgIpc) is 3.79. The fourth-order valence-corrected chi connectivity index (χ4v) is 9.45. The summed E-state index contributed by atoms with van der Waals surface area (Å²) in [5, 5.41) is 12.5. The summed E-state index contributed by atoms with van der Waals surface area (Å²) >= 11 is 0. The Balaban J connectivity index is 1.16. The van der Waals surface area contributed by atoms with E-state index < -0.39 is 0 Å². The third-order valence-corrected chi connectivity index (χ3v) is 11.9. The number of hydrogen-bond acceptors (Lipinski definition) is 0. The lowest BCUT2D eigenvalue weighted by Crippen LogP contribution is -1.96. The minimum absolute atomic E-state index is 1.16. The number of para-hydroxylation sites is 3. The monoisotopic (exact) mass is 710 g/mol. The van der Waals surface area contributed by atoms with E-state index in [0.717, 1.165) is 5.69 Å². The Morgan fingerprint density at radius 1 is 0.250 bits per heavy atom. The molecule has 0 aliphatic carbocycles. The van der Waals surface area contributed by atoms with Crippen LogP contribution in [0.5, 0.6) is 0 Å². The minimum Gasteiger partial charge on any atom is -0.309 e. The molecular formula is C54H34N2. The molecule has 0 amide bonds. The molecule has 0 radical (unpaired) electrons. The molecule has 2 heteroatoms. The molecule has 2 aromatic heterocycles. The number of aromatic nitrogens is 2. The zero-order valence-electron chi connectivity index (χ0n) is 30.5. The van der Waals surface area contributed by atoms with E-state index in [4.69, 9.17) is 0 Å². The van der Waals surface area contributed by atoms with Crippen molar-refractivity contribution in [3.63, 3.8) is 0 Å². The van der Waals surface area contributed by atoms with Gasteiger partial charge in [0.1, 0.15) is 0 Å². The fraction of sp³-hybridized carbons (Fsp3) is 0. The van der Waals surface area contributed by atoms with E-state index in [0.29, 0.717) is 0 Å². The van der Waals surface area contributed by atoms with E-state index in [1.807, 2.05) is 0 Å². The molecule has 0 atom stereocenters. The van der Waals surface area contributed by atoms with Crippen molar-refractivity contribution < 1.29 is 0 Å². The van der Waals surface area contributed by atoms with Crippen LogP contribution >= 0.6 is 0 Å². The van der Waals surface area contributed by atoms with Crippen LogP contribution in [-0.2, 0) is 0 Å². The van der Waals surface area contributed by atoms with Gasteiger partial charge in [-0.3, -0.25) is 0 Å². The number of fused-ring (bicyclic) bond motifs is 9. The molecule has 0 saturated heterocycles. The zero-order valence-corrected chi connectivity index (χ0v) is 30.5. The summed E-state index contributed by atoms with van der Waals surface area (Å²) in [6.07, 6.45) is 0. The van der Waals surface area contributed by atoms with Crippen LogP contribution in [0.2, 0.25) is 0 Å². The van der Waals surface area contributed by atoms with Gasteiger partial charge in [0.05, 0.1) is 22.1 Å². The SMILES string of the molecule is c1ccc2cc(-n3c4ccccc4c4c(-c5cccc6cccc(-c7cccc8c9ccccc9n(-c9ccc%10ccccc%10c9)c78)c56)cccc43)ccc2c1. The van der Waals surface area contributed by atoms with Crippen molar-refractivity contribution in [3.8, 4) is 33.6 Å². The van der Waals surface area contributed by atoms with Gasteiger partial charge in [0.25, 0.3) is 0 Å². The van der Waals surface area contributed by atoms with Crippen LogP contribution in [0, 0.1) is 0 Å². The summed E-state index contributed by atoms with van der Waals surface area (Å²) < 4.78 is 4.92. The van der Waals surface area contributed by atoms with E-state index in [1.165, 1.54) is 104 Å².